The highest BCUT2D eigenvalue weighted by molar-refractivity contribution is 6.31. The predicted octanol–water partition coefficient (Wildman–Crippen LogP) is 8.01. The van der Waals surface area contributed by atoms with Gasteiger partial charge in [-0.05, 0) is 56.0 Å². The van der Waals surface area contributed by atoms with Gasteiger partial charge in [0, 0.05) is 36.9 Å². The molecule has 1 aromatic heterocycles. The molecule has 2 atom stereocenters. The molecule has 0 bridgehead atoms. The summed E-state index contributed by atoms with van der Waals surface area (Å²) in [6.45, 7) is 6.74. The molecule has 258 valence electrons. The number of unbranched alkanes of at least 4 members (excludes halogenated alkanes) is 7. The van der Waals surface area contributed by atoms with Crippen LogP contribution in [0, 0.1) is 5.82 Å². The molecule has 0 unspecified atom stereocenters. The van der Waals surface area contributed by atoms with Crippen LogP contribution in [0.15, 0.2) is 49.1 Å². The quantitative estimate of drug-likeness (QED) is 0.0834. The SMILES string of the molecule is C=CCCCCCCCCCOc1ccc2c(C(C)=O)nn(CC(=O)N3C[C@H](F)C[C@H]3C(=O)NCc3cc(/C=C/C)cc(Cl)c3F)c2c1. The van der Waals surface area contributed by atoms with Crippen LogP contribution in [0.4, 0.5) is 8.78 Å². The van der Waals surface area contributed by atoms with E-state index in [1.165, 1.54) is 48.3 Å². The van der Waals surface area contributed by atoms with Gasteiger partial charge in [0.15, 0.2) is 5.78 Å². The minimum atomic E-state index is -1.41. The number of carbonyl (C=O) groups is 3. The number of aromatic nitrogens is 2. The molecule has 2 amide bonds. The van der Waals surface area contributed by atoms with Gasteiger partial charge in [-0.3, -0.25) is 19.1 Å². The molecule has 1 aliphatic rings. The van der Waals surface area contributed by atoms with E-state index < -0.39 is 29.8 Å². The molecule has 1 aliphatic heterocycles. The van der Waals surface area contributed by atoms with Crippen LogP contribution in [-0.2, 0) is 22.7 Å². The maximum absolute atomic E-state index is 14.7. The zero-order valence-electron chi connectivity index (χ0n) is 27.8. The van der Waals surface area contributed by atoms with E-state index in [2.05, 4.69) is 17.0 Å². The number of hydrogen-bond donors (Lipinski definition) is 1. The van der Waals surface area contributed by atoms with Crippen molar-refractivity contribution in [3.05, 3.63) is 76.7 Å². The summed E-state index contributed by atoms with van der Waals surface area (Å²) in [4.78, 5) is 40.3. The van der Waals surface area contributed by atoms with Crippen molar-refractivity contribution >= 4 is 46.2 Å². The molecule has 0 radical (unpaired) electrons. The van der Waals surface area contributed by atoms with Crippen molar-refractivity contribution < 1.29 is 27.9 Å². The van der Waals surface area contributed by atoms with E-state index in [4.69, 9.17) is 16.3 Å². The number of alkyl halides is 1. The molecule has 0 aliphatic carbocycles. The maximum Gasteiger partial charge on any atom is 0.245 e. The smallest absolute Gasteiger partial charge is 0.245 e. The summed E-state index contributed by atoms with van der Waals surface area (Å²) in [7, 11) is 0. The highest BCUT2D eigenvalue weighted by atomic mass is 35.5. The van der Waals surface area contributed by atoms with E-state index >= 15 is 0 Å². The largest absolute Gasteiger partial charge is 0.494 e. The number of benzene rings is 2. The van der Waals surface area contributed by atoms with Gasteiger partial charge < -0.3 is 15.0 Å². The van der Waals surface area contributed by atoms with Crippen molar-refractivity contribution in [2.24, 2.45) is 0 Å². The van der Waals surface area contributed by atoms with Crippen LogP contribution in [0.1, 0.15) is 93.3 Å². The van der Waals surface area contributed by atoms with Crippen LogP contribution in [0.25, 0.3) is 17.0 Å². The molecule has 0 spiro atoms. The number of halogens is 3. The lowest BCUT2D eigenvalue weighted by Crippen LogP contribution is -2.46. The average Bonchev–Trinajstić information content (AvgIpc) is 3.63. The van der Waals surface area contributed by atoms with Crippen LogP contribution < -0.4 is 10.1 Å². The van der Waals surface area contributed by atoms with Crippen molar-refractivity contribution in [1.82, 2.24) is 20.0 Å². The summed E-state index contributed by atoms with van der Waals surface area (Å²) < 4.78 is 36.7. The summed E-state index contributed by atoms with van der Waals surface area (Å²) in [5.74, 6) is -1.47. The molecule has 48 heavy (non-hydrogen) atoms. The van der Waals surface area contributed by atoms with Gasteiger partial charge >= 0.3 is 0 Å². The van der Waals surface area contributed by atoms with E-state index in [1.54, 1.807) is 36.4 Å². The van der Waals surface area contributed by atoms with Crippen molar-refractivity contribution in [1.29, 1.82) is 0 Å². The fourth-order valence-electron chi connectivity index (χ4n) is 6.00. The summed E-state index contributed by atoms with van der Waals surface area (Å²) in [5.41, 5.74) is 1.57. The molecule has 1 saturated heterocycles. The number of allylic oxidation sites excluding steroid dienone is 2. The predicted molar refractivity (Wildman–Crippen MR) is 185 cm³/mol. The number of Topliss-reactive ketones (excluding diaryl/α,β-unsaturated/α-hetero) is 1. The molecule has 11 heteroatoms. The zero-order chi connectivity index (χ0) is 34.6. The third-order valence-electron chi connectivity index (χ3n) is 8.47. The first-order chi connectivity index (χ1) is 23.1. The molecule has 0 saturated carbocycles. The first kappa shape index (κ1) is 36.8. The number of amides is 2. The molecule has 2 heterocycles. The number of hydrogen-bond acceptors (Lipinski definition) is 5. The summed E-state index contributed by atoms with van der Waals surface area (Å²) >= 11 is 6.03. The second-order valence-electron chi connectivity index (χ2n) is 12.2. The topological polar surface area (TPSA) is 93.5 Å². The summed E-state index contributed by atoms with van der Waals surface area (Å²) in [5, 5.41) is 7.54. The fraction of sp³-hybridized carbons (Fsp3) is 0.459. The Hall–Kier alpha value is -4.05. The Morgan fingerprint density at radius 1 is 1.10 bits per heavy atom. The Morgan fingerprint density at radius 2 is 1.83 bits per heavy atom. The third kappa shape index (κ3) is 9.75. The van der Waals surface area contributed by atoms with E-state index in [0.29, 0.717) is 28.8 Å². The van der Waals surface area contributed by atoms with Crippen molar-refractivity contribution in [3.8, 4) is 5.75 Å². The second kappa shape index (κ2) is 17.9. The number of carbonyl (C=O) groups excluding carboxylic acids is 3. The summed E-state index contributed by atoms with van der Waals surface area (Å²) in [6, 6.07) is 7.23. The highest BCUT2D eigenvalue weighted by Gasteiger charge is 2.40. The number of likely N-dealkylation sites (tertiary alicyclic amines) is 1. The van der Waals surface area contributed by atoms with Gasteiger partial charge in [-0.25, -0.2) is 8.78 Å². The van der Waals surface area contributed by atoms with Crippen molar-refractivity contribution in [2.45, 2.75) is 96.9 Å². The Bertz CT molecular complexity index is 1640. The first-order valence-corrected chi connectivity index (χ1v) is 17.1. The van der Waals surface area contributed by atoms with Gasteiger partial charge in [0.05, 0.1) is 23.7 Å². The molecular formula is C37H45ClF2N4O4. The van der Waals surface area contributed by atoms with Crippen LogP contribution in [-0.4, -0.2) is 57.6 Å². The van der Waals surface area contributed by atoms with Crippen LogP contribution in [0.3, 0.4) is 0 Å². The van der Waals surface area contributed by atoms with Crippen LogP contribution in [0.5, 0.6) is 5.75 Å². The fourth-order valence-corrected chi connectivity index (χ4v) is 6.25. The molecule has 8 nitrogen and oxygen atoms in total. The number of rotatable bonds is 18. The molecule has 1 N–H and O–H groups in total. The van der Waals surface area contributed by atoms with Crippen LogP contribution >= 0.6 is 11.6 Å². The lowest BCUT2D eigenvalue weighted by molar-refractivity contribution is -0.139. The average molecular weight is 683 g/mol. The second-order valence-corrected chi connectivity index (χ2v) is 12.6. The standard InChI is InChI=1S/C37H45ClF2N4O4/c1-4-6-7-8-9-10-11-12-13-17-48-29-15-16-30-32(21-29)44(42-36(30)25(3)45)24-34(46)43-23-28(39)20-33(43)37(47)41-22-27-18-26(14-5-2)19-31(38)35(27)40/h4-5,14-16,18-19,21,28,33H,1,6-13,17,20,22-24H2,2-3H3,(H,41,47)/b14-5+/t28-,33+/m1/s1. The van der Waals surface area contributed by atoms with E-state index in [0.717, 1.165) is 25.7 Å². The summed E-state index contributed by atoms with van der Waals surface area (Å²) in [6.07, 6.45) is 12.9. The lowest BCUT2D eigenvalue weighted by Gasteiger charge is -2.24. The van der Waals surface area contributed by atoms with Crippen molar-refractivity contribution in [2.75, 3.05) is 13.2 Å². The highest BCUT2D eigenvalue weighted by Crippen LogP contribution is 2.27. The minimum Gasteiger partial charge on any atom is -0.494 e. The Morgan fingerprint density at radius 3 is 2.54 bits per heavy atom. The number of ketones is 1. The maximum atomic E-state index is 14.7. The van der Waals surface area contributed by atoms with Gasteiger partial charge in [0.25, 0.3) is 0 Å². The number of nitrogens with zero attached hydrogens (tertiary/aromatic N) is 3. The van der Waals surface area contributed by atoms with Gasteiger partial charge in [-0.1, -0.05) is 61.9 Å². The number of nitrogens with one attached hydrogen (secondary N) is 1. The monoisotopic (exact) mass is 682 g/mol. The Balaban J connectivity index is 1.40. The van der Waals surface area contributed by atoms with Gasteiger partial charge in [-0.2, -0.15) is 5.10 Å². The van der Waals surface area contributed by atoms with E-state index in [9.17, 15) is 23.2 Å². The minimum absolute atomic E-state index is 0.0812. The number of fused-ring (bicyclic) bond motifs is 1. The van der Waals surface area contributed by atoms with E-state index in [1.807, 2.05) is 13.0 Å². The third-order valence-corrected chi connectivity index (χ3v) is 8.75. The Labute approximate surface area is 286 Å². The van der Waals surface area contributed by atoms with Gasteiger partial charge in [0.1, 0.15) is 36.0 Å². The molecule has 4 rings (SSSR count). The van der Waals surface area contributed by atoms with E-state index in [-0.39, 0.29) is 48.1 Å². The van der Waals surface area contributed by atoms with Gasteiger partial charge in [-0.15, -0.1) is 6.58 Å². The van der Waals surface area contributed by atoms with Crippen LogP contribution in [0.2, 0.25) is 5.02 Å². The van der Waals surface area contributed by atoms with Crippen molar-refractivity contribution in [3.63, 3.8) is 0 Å². The first-order valence-electron chi connectivity index (χ1n) is 16.7. The van der Waals surface area contributed by atoms with Gasteiger partial charge in [0.2, 0.25) is 11.8 Å². The normalized spacial score (nSPS) is 16.1. The molecule has 1 fully saturated rings. The zero-order valence-corrected chi connectivity index (χ0v) is 28.5. The molecule has 2 aromatic carbocycles. The molecule has 3 aromatic rings. The molecular weight excluding hydrogens is 638 g/mol. The number of ether oxygens (including phenoxy) is 1. The lowest BCUT2D eigenvalue weighted by atomic mass is 10.1. The Kier molecular flexibility index (Phi) is 13.7.